The molecule has 0 aliphatic carbocycles. The van der Waals surface area contributed by atoms with E-state index in [9.17, 15) is 14.7 Å². The van der Waals surface area contributed by atoms with Crippen LogP contribution in [0.15, 0.2) is 48.5 Å². The second-order valence-electron chi connectivity index (χ2n) is 4.22. The molecule has 1 amide bonds. The Morgan fingerprint density at radius 3 is 2.30 bits per heavy atom. The molecule has 0 aliphatic rings. The monoisotopic (exact) mass is 271 g/mol. The molecule has 0 bridgehead atoms. The largest absolute Gasteiger partial charge is 0.506 e. The summed E-state index contributed by atoms with van der Waals surface area (Å²) in [5.41, 5.74) is 1.36. The third kappa shape index (κ3) is 2.95. The second kappa shape index (κ2) is 5.88. The molecule has 0 fully saturated rings. The Hall–Kier alpha value is -2.82. The van der Waals surface area contributed by atoms with Gasteiger partial charge in [-0.2, -0.15) is 0 Å². The number of aromatic hydroxyl groups is 1. The maximum atomic E-state index is 11.2. The Morgan fingerprint density at radius 1 is 1.10 bits per heavy atom. The van der Waals surface area contributed by atoms with Crippen molar-refractivity contribution in [3.8, 4) is 5.75 Å². The molecule has 2 N–H and O–H groups in total. The van der Waals surface area contributed by atoms with Gasteiger partial charge in [-0.3, -0.25) is 4.79 Å². The van der Waals surface area contributed by atoms with E-state index in [1.807, 2.05) is 0 Å². The molecule has 2 aromatic rings. The molecule has 0 heterocycles. The lowest BCUT2D eigenvalue weighted by atomic mass is 10.1. The number of hydrogen-bond acceptors (Lipinski definition) is 3. The zero-order chi connectivity index (χ0) is 14.5. The first-order valence-electron chi connectivity index (χ1n) is 5.94. The minimum Gasteiger partial charge on any atom is -0.506 e. The number of anilines is 1. The molecular weight excluding hydrogens is 258 g/mol. The zero-order valence-electron chi connectivity index (χ0n) is 10.6. The van der Waals surface area contributed by atoms with Gasteiger partial charge in [0, 0.05) is 0 Å². The van der Waals surface area contributed by atoms with Crippen LogP contribution in [0.5, 0.6) is 5.75 Å². The van der Waals surface area contributed by atoms with Crippen molar-refractivity contribution in [2.45, 2.75) is 6.54 Å². The summed E-state index contributed by atoms with van der Waals surface area (Å²) in [5, 5.41) is 18.5. The van der Waals surface area contributed by atoms with Crippen LogP contribution in [0.1, 0.15) is 15.9 Å². The van der Waals surface area contributed by atoms with Gasteiger partial charge in [-0.1, -0.05) is 24.3 Å². The highest BCUT2D eigenvalue weighted by atomic mass is 16.4. The van der Waals surface area contributed by atoms with Gasteiger partial charge in [0.25, 0.3) is 0 Å². The molecule has 0 aromatic heterocycles. The lowest BCUT2D eigenvalue weighted by Gasteiger charge is -2.18. The van der Waals surface area contributed by atoms with Gasteiger partial charge in [-0.25, -0.2) is 4.79 Å². The van der Waals surface area contributed by atoms with Gasteiger partial charge in [0.15, 0.2) is 0 Å². The van der Waals surface area contributed by atoms with Gasteiger partial charge in [0.1, 0.15) is 5.75 Å². The fraction of sp³-hybridized carbons (Fsp3) is 0.0667. The number of hydrogen-bond donors (Lipinski definition) is 2. The van der Waals surface area contributed by atoms with Crippen molar-refractivity contribution >= 4 is 18.1 Å². The van der Waals surface area contributed by atoms with Gasteiger partial charge < -0.3 is 15.1 Å². The number of carboxylic acid groups (broad SMARTS) is 1. The van der Waals surface area contributed by atoms with Crippen LogP contribution < -0.4 is 4.90 Å². The van der Waals surface area contributed by atoms with Crippen LogP contribution in [-0.2, 0) is 11.3 Å². The van der Waals surface area contributed by atoms with E-state index in [-0.39, 0.29) is 17.9 Å². The fourth-order valence-electron chi connectivity index (χ4n) is 1.84. The molecule has 5 heteroatoms. The molecule has 0 atom stereocenters. The fourth-order valence-corrected chi connectivity index (χ4v) is 1.84. The summed E-state index contributed by atoms with van der Waals surface area (Å²) in [4.78, 5) is 23.3. The molecule has 0 unspecified atom stereocenters. The van der Waals surface area contributed by atoms with Crippen LogP contribution in [0.4, 0.5) is 5.69 Å². The maximum absolute atomic E-state index is 11.2. The molecule has 2 rings (SSSR count). The number of phenolic OH excluding ortho intramolecular Hbond substituents is 1. The van der Waals surface area contributed by atoms with Crippen molar-refractivity contribution < 1.29 is 19.8 Å². The summed E-state index contributed by atoms with van der Waals surface area (Å²) in [6.45, 7) is 0.251. The lowest BCUT2D eigenvalue weighted by Crippen LogP contribution is -2.20. The maximum Gasteiger partial charge on any atom is 0.335 e. The number of nitrogens with zero attached hydrogens (tertiary/aromatic N) is 1. The second-order valence-corrected chi connectivity index (χ2v) is 4.22. The average Bonchev–Trinajstić information content (AvgIpc) is 2.46. The first kappa shape index (κ1) is 13.6. The smallest absolute Gasteiger partial charge is 0.335 e. The summed E-state index contributed by atoms with van der Waals surface area (Å²) >= 11 is 0. The van der Waals surface area contributed by atoms with Gasteiger partial charge in [0.05, 0.1) is 17.8 Å². The average molecular weight is 271 g/mol. The SMILES string of the molecule is O=CN(Cc1ccc(C(=O)O)cc1)c1ccccc1O. The van der Waals surface area contributed by atoms with E-state index in [0.29, 0.717) is 12.1 Å². The van der Waals surface area contributed by atoms with E-state index in [4.69, 9.17) is 5.11 Å². The molecule has 102 valence electrons. The van der Waals surface area contributed by atoms with Crippen molar-refractivity contribution in [2.75, 3.05) is 4.90 Å². The molecule has 2 aromatic carbocycles. The highest BCUT2D eigenvalue weighted by molar-refractivity contribution is 5.87. The summed E-state index contributed by atoms with van der Waals surface area (Å²) in [7, 11) is 0. The van der Waals surface area contributed by atoms with E-state index in [1.54, 1.807) is 30.3 Å². The van der Waals surface area contributed by atoms with Gasteiger partial charge in [-0.05, 0) is 29.8 Å². The summed E-state index contributed by atoms with van der Waals surface area (Å²) < 4.78 is 0. The normalized spacial score (nSPS) is 10.0. The van der Waals surface area contributed by atoms with Crippen LogP contribution in [0.3, 0.4) is 0 Å². The highest BCUT2D eigenvalue weighted by Gasteiger charge is 2.10. The molecule has 0 radical (unpaired) electrons. The van der Waals surface area contributed by atoms with Gasteiger partial charge in [0.2, 0.25) is 6.41 Å². The topological polar surface area (TPSA) is 77.8 Å². The van der Waals surface area contributed by atoms with Crippen LogP contribution >= 0.6 is 0 Å². The summed E-state index contributed by atoms with van der Waals surface area (Å²) in [6, 6.07) is 12.8. The van der Waals surface area contributed by atoms with Crippen LogP contribution in [0.25, 0.3) is 0 Å². The van der Waals surface area contributed by atoms with Crippen LogP contribution in [-0.4, -0.2) is 22.6 Å². The van der Waals surface area contributed by atoms with Gasteiger partial charge in [-0.15, -0.1) is 0 Å². The Kier molecular flexibility index (Phi) is 4.00. The third-order valence-corrected chi connectivity index (χ3v) is 2.87. The van der Waals surface area contributed by atoms with E-state index < -0.39 is 5.97 Å². The van der Waals surface area contributed by atoms with Crippen molar-refractivity contribution in [2.24, 2.45) is 0 Å². The highest BCUT2D eigenvalue weighted by Crippen LogP contribution is 2.26. The Morgan fingerprint density at radius 2 is 1.75 bits per heavy atom. The number of para-hydroxylation sites is 2. The minimum atomic E-state index is -0.996. The van der Waals surface area contributed by atoms with Crippen molar-refractivity contribution in [3.05, 3.63) is 59.7 Å². The molecule has 5 nitrogen and oxygen atoms in total. The van der Waals surface area contributed by atoms with E-state index >= 15 is 0 Å². The molecule has 0 aliphatic heterocycles. The van der Waals surface area contributed by atoms with Crippen LogP contribution in [0.2, 0.25) is 0 Å². The standard InChI is InChI=1S/C15H13NO4/c17-10-16(13-3-1-2-4-14(13)18)9-11-5-7-12(8-6-11)15(19)20/h1-8,10,18H,9H2,(H,19,20). The van der Waals surface area contributed by atoms with Crippen molar-refractivity contribution in [1.29, 1.82) is 0 Å². The lowest BCUT2D eigenvalue weighted by molar-refractivity contribution is -0.107. The third-order valence-electron chi connectivity index (χ3n) is 2.87. The number of rotatable bonds is 5. The molecule has 0 saturated heterocycles. The number of benzene rings is 2. The van der Waals surface area contributed by atoms with Crippen molar-refractivity contribution in [1.82, 2.24) is 0 Å². The Balaban J connectivity index is 2.20. The van der Waals surface area contributed by atoms with E-state index in [1.165, 1.54) is 23.1 Å². The number of carboxylic acids is 1. The molecule has 0 spiro atoms. The first-order valence-corrected chi connectivity index (χ1v) is 5.94. The van der Waals surface area contributed by atoms with E-state index in [2.05, 4.69) is 0 Å². The quantitative estimate of drug-likeness (QED) is 0.818. The zero-order valence-corrected chi connectivity index (χ0v) is 10.6. The van der Waals surface area contributed by atoms with Crippen molar-refractivity contribution in [3.63, 3.8) is 0 Å². The van der Waals surface area contributed by atoms with E-state index in [0.717, 1.165) is 5.56 Å². The Labute approximate surface area is 115 Å². The summed E-state index contributed by atoms with van der Waals surface area (Å²) in [5.74, 6) is -0.980. The molecule has 0 saturated carbocycles. The molecular formula is C15H13NO4. The number of carbonyl (C=O) groups excluding carboxylic acids is 1. The summed E-state index contributed by atoms with van der Waals surface area (Å²) in [6.07, 6.45) is 0.625. The first-order chi connectivity index (χ1) is 9.61. The van der Waals surface area contributed by atoms with Gasteiger partial charge >= 0.3 is 5.97 Å². The Bertz CT molecular complexity index is 622. The number of carbonyl (C=O) groups is 2. The number of phenols is 1. The number of amides is 1. The molecule has 20 heavy (non-hydrogen) atoms. The number of aromatic carboxylic acids is 1. The predicted octanol–water partition coefficient (Wildman–Crippen LogP) is 2.25. The minimum absolute atomic E-state index is 0.0155. The predicted molar refractivity (Wildman–Crippen MR) is 73.8 cm³/mol. The van der Waals surface area contributed by atoms with Crippen LogP contribution in [0, 0.1) is 0 Å².